The van der Waals surface area contributed by atoms with Crippen LogP contribution in [0.3, 0.4) is 0 Å². The first-order valence-corrected chi connectivity index (χ1v) is 6.95. The summed E-state index contributed by atoms with van der Waals surface area (Å²) in [5.41, 5.74) is 0.941. The molecule has 0 aliphatic heterocycles. The summed E-state index contributed by atoms with van der Waals surface area (Å²) >= 11 is 0. The molecule has 1 aromatic rings. The van der Waals surface area contributed by atoms with E-state index >= 15 is 0 Å². The summed E-state index contributed by atoms with van der Waals surface area (Å²) in [7, 11) is 0. The lowest BCUT2D eigenvalue weighted by molar-refractivity contribution is 0.338. The second-order valence-electron chi connectivity index (χ2n) is 5.50. The number of hydrogen-bond donors (Lipinski definition) is 1. The van der Waals surface area contributed by atoms with Gasteiger partial charge in [0.15, 0.2) is 0 Å². The maximum atomic E-state index is 13.2. The maximum absolute atomic E-state index is 13.2. The van der Waals surface area contributed by atoms with Crippen molar-refractivity contribution in [2.75, 3.05) is 11.9 Å². The lowest BCUT2D eigenvalue weighted by Crippen LogP contribution is -2.26. The van der Waals surface area contributed by atoms with Gasteiger partial charge in [-0.1, -0.05) is 6.42 Å². The summed E-state index contributed by atoms with van der Waals surface area (Å²) in [6.45, 7) is 2.49. The van der Waals surface area contributed by atoms with Gasteiger partial charge in [0.25, 0.3) is 0 Å². The van der Waals surface area contributed by atoms with Crippen LogP contribution in [0.5, 0.6) is 5.75 Å². The van der Waals surface area contributed by atoms with Crippen molar-refractivity contribution in [1.82, 2.24) is 0 Å². The Hall–Kier alpha value is -1.25. The van der Waals surface area contributed by atoms with Crippen LogP contribution in [-0.4, -0.2) is 12.6 Å². The van der Waals surface area contributed by atoms with Crippen LogP contribution in [0.15, 0.2) is 18.2 Å². The standard InChI is InChI=1S/C15H20FNO/c1-2-18-15-9-12(16)5-6-13(15)17-14-8-10-3-4-11(14)7-10/h5-6,9-11,14,17H,2-4,7-8H2,1H3. The molecular formula is C15H20FNO. The molecule has 0 saturated heterocycles. The van der Waals surface area contributed by atoms with Crippen molar-refractivity contribution >= 4 is 5.69 Å². The van der Waals surface area contributed by atoms with Crippen molar-refractivity contribution in [2.24, 2.45) is 11.8 Å². The molecule has 2 saturated carbocycles. The quantitative estimate of drug-likeness (QED) is 0.875. The maximum Gasteiger partial charge on any atom is 0.145 e. The normalized spacial score (nSPS) is 29.6. The van der Waals surface area contributed by atoms with Gasteiger partial charge in [0, 0.05) is 12.1 Å². The molecule has 2 aliphatic rings. The van der Waals surface area contributed by atoms with Crippen LogP contribution in [0.1, 0.15) is 32.6 Å². The Balaban J connectivity index is 1.75. The van der Waals surface area contributed by atoms with E-state index in [1.165, 1.54) is 37.8 Å². The molecule has 0 heterocycles. The van der Waals surface area contributed by atoms with Gasteiger partial charge >= 0.3 is 0 Å². The summed E-state index contributed by atoms with van der Waals surface area (Å²) in [6.07, 6.45) is 5.36. The van der Waals surface area contributed by atoms with Crippen molar-refractivity contribution in [2.45, 2.75) is 38.6 Å². The summed E-state index contributed by atoms with van der Waals surface area (Å²) in [5, 5.41) is 3.56. The molecule has 98 valence electrons. The predicted molar refractivity (Wildman–Crippen MR) is 70.4 cm³/mol. The van der Waals surface area contributed by atoms with E-state index in [0.29, 0.717) is 18.4 Å². The second-order valence-corrected chi connectivity index (χ2v) is 5.50. The zero-order valence-electron chi connectivity index (χ0n) is 10.8. The van der Waals surface area contributed by atoms with Crippen LogP contribution in [0.4, 0.5) is 10.1 Å². The predicted octanol–water partition coefficient (Wildman–Crippen LogP) is 3.82. The number of fused-ring (bicyclic) bond motifs is 2. The summed E-state index contributed by atoms with van der Waals surface area (Å²) in [5.74, 6) is 2.11. The monoisotopic (exact) mass is 249 g/mol. The van der Waals surface area contributed by atoms with Gasteiger partial charge in [0.2, 0.25) is 0 Å². The molecule has 3 rings (SSSR count). The fourth-order valence-corrected chi connectivity index (χ4v) is 3.51. The lowest BCUT2D eigenvalue weighted by Gasteiger charge is -2.25. The summed E-state index contributed by atoms with van der Waals surface area (Å²) < 4.78 is 18.7. The molecule has 2 fully saturated rings. The van der Waals surface area contributed by atoms with E-state index in [0.717, 1.165) is 17.5 Å². The Morgan fingerprint density at radius 2 is 2.22 bits per heavy atom. The summed E-state index contributed by atoms with van der Waals surface area (Å²) in [4.78, 5) is 0. The molecule has 2 bridgehead atoms. The third kappa shape index (κ3) is 2.18. The van der Waals surface area contributed by atoms with Gasteiger partial charge in [0.05, 0.1) is 12.3 Å². The molecule has 1 aromatic carbocycles. The highest BCUT2D eigenvalue weighted by Gasteiger charge is 2.39. The zero-order chi connectivity index (χ0) is 12.5. The molecule has 3 heteroatoms. The third-order valence-electron chi connectivity index (χ3n) is 4.32. The van der Waals surface area contributed by atoms with Gasteiger partial charge in [-0.05, 0) is 50.2 Å². The molecule has 0 radical (unpaired) electrons. The van der Waals surface area contributed by atoms with Crippen LogP contribution in [0.2, 0.25) is 0 Å². The Kier molecular flexibility index (Phi) is 3.14. The lowest BCUT2D eigenvalue weighted by atomic mass is 9.95. The molecular weight excluding hydrogens is 229 g/mol. The average molecular weight is 249 g/mol. The third-order valence-corrected chi connectivity index (χ3v) is 4.32. The molecule has 3 atom stereocenters. The van der Waals surface area contributed by atoms with Crippen LogP contribution < -0.4 is 10.1 Å². The first kappa shape index (κ1) is 11.8. The van der Waals surface area contributed by atoms with Gasteiger partial charge in [-0.3, -0.25) is 0 Å². The first-order chi connectivity index (χ1) is 8.76. The Morgan fingerprint density at radius 1 is 1.33 bits per heavy atom. The Morgan fingerprint density at radius 3 is 2.89 bits per heavy atom. The van der Waals surface area contributed by atoms with Crippen molar-refractivity contribution in [3.63, 3.8) is 0 Å². The van der Waals surface area contributed by atoms with E-state index in [1.54, 1.807) is 6.07 Å². The van der Waals surface area contributed by atoms with E-state index < -0.39 is 0 Å². The van der Waals surface area contributed by atoms with E-state index in [2.05, 4.69) is 5.32 Å². The molecule has 1 N–H and O–H groups in total. The molecule has 3 unspecified atom stereocenters. The van der Waals surface area contributed by atoms with Gasteiger partial charge in [0.1, 0.15) is 11.6 Å². The molecule has 18 heavy (non-hydrogen) atoms. The highest BCUT2D eigenvalue weighted by molar-refractivity contribution is 5.57. The number of nitrogens with one attached hydrogen (secondary N) is 1. The molecule has 0 amide bonds. The van der Waals surface area contributed by atoms with Crippen LogP contribution in [0.25, 0.3) is 0 Å². The SMILES string of the molecule is CCOc1cc(F)ccc1NC1CC2CCC1C2. The van der Waals surface area contributed by atoms with Gasteiger partial charge in [-0.2, -0.15) is 0 Å². The topological polar surface area (TPSA) is 21.3 Å². The molecule has 0 spiro atoms. The fraction of sp³-hybridized carbons (Fsp3) is 0.600. The first-order valence-electron chi connectivity index (χ1n) is 6.95. The number of ether oxygens (including phenoxy) is 1. The molecule has 0 aromatic heterocycles. The van der Waals surface area contributed by atoms with E-state index in [4.69, 9.17) is 4.74 Å². The minimum absolute atomic E-state index is 0.239. The van der Waals surface area contributed by atoms with Crippen molar-refractivity contribution in [3.8, 4) is 5.75 Å². The Bertz CT molecular complexity index is 435. The van der Waals surface area contributed by atoms with Crippen LogP contribution in [0, 0.1) is 17.7 Å². The number of hydrogen-bond acceptors (Lipinski definition) is 2. The van der Waals surface area contributed by atoms with Gasteiger partial charge in [-0.25, -0.2) is 4.39 Å². The second kappa shape index (κ2) is 4.79. The smallest absolute Gasteiger partial charge is 0.145 e. The van der Waals surface area contributed by atoms with Gasteiger partial charge in [-0.15, -0.1) is 0 Å². The number of rotatable bonds is 4. The minimum atomic E-state index is -0.239. The highest BCUT2D eigenvalue weighted by Crippen LogP contribution is 2.46. The van der Waals surface area contributed by atoms with E-state index in [9.17, 15) is 4.39 Å². The highest BCUT2D eigenvalue weighted by atomic mass is 19.1. The fourth-order valence-electron chi connectivity index (χ4n) is 3.51. The number of benzene rings is 1. The summed E-state index contributed by atoms with van der Waals surface area (Å²) in [6, 6.07) is 5.32. The van der Waals surface area contributed by atoms with Crippen LogP contribution in [-0.2, 0) is 0 Å². The minimum Gasteiger partial charge on any atom is -0.492 e. The number of anilines is 1. The Labute approximate surface area is 108 Å². The van der Waals surface area contributed by atoms with Crippen molar-refractivity contribution in [1.29, 1.82) is 0 Å². The van der Waals surface area contributed by atoms with E-state index in [1.807, 2.05) is 6.92 Å². The molecule has 2 nitrogen and oxygen atoms in total. The van der Waals surface area contributed by atoms with Gasteiger partial charge < -0.3 is 10.1 Å². The van der Waals surface area contributed by atoms with Crippen molar-refractivity contribution in [3.05, 3.63) is 24.0 Å². The number of halogens is 1. The van der Waals surface area contributed by atoms with Crippen LogP contribution >= 0.6 is 0 Å². The van der Waals surface area contributed by atoms with E-state index in [-0.39, 0.29) is 5.82 Å². The molecule has 2 aliphatic carbocycles. The van der Waals surface area contributed by atoms with Crippen molar-refractivity contribution < 1.29 is 9.13 Å². The average Bonchev–Trinajstić information content (AvgIpc) is 2.95. The zero-order valence-corrected chi connectivity index (χ0v) is 10.8. The largest absolute Gasteiger partial charge is 0.492 e.